The van der Waals surface area contributed by atoms with E-state index in [2.05, 4.69) is 24.4 Å². The number of hydrogen-bond acceptors (Lipinski definition) is 5. The molecule has 0 fully saturated rings. The van der Waals surface area contributed by atoms with Gasteiger partial charge in [-0.25, -0.2) is 13.8 Å². The van der Waals surface area contributed by atoms with E-state index in [0.717, 1.165) is 15.4 Å². The van der Waals surface area contributed by atoms with Gasteiger partial charge in [0.1, 0.15) is 18.9 Å². The molecule has 0 aliphatic rings. The molecule has 0 aliphatic carbocycles. The third-order valence-corrected chi connectivity index (χ3v) is 8.13. The maximum atomic E-state index is 13.5. The van der Waals surface area contributed by atoms with Crippen LogP contribution in [0, 0.1) is 0 Å². The van der Waals surface area contributed by atoms with Crippen molar-refractivity contribution in [2.24, 2.45) is 5.10 Å². The lowest BCUT2D eigenvalue weighted by Gasteiger charge is -2.24. The number of amides is 1. The highest BCUT2D eigenvalue weighted by atomic mass is 35.5. The minimum Gasteiger partial charge on any atom is -0.488 e. The van der Waals surface area contributed by atoms with Gasteiger partial charge in [0.05, 0.1) is 16.8 Å². The predicted molar refractivity (Wildman–Crippen MR) is 159 cm³/mol. The van der Waals surface area contributed by atoms with Crippen LogP contribution in [0.3, 0.4) is 0 Å². The van der Waals surface area contributed by atoms with Gasteiger partial charge >= 0.3 is 0 Å². The van der Waals surface area contributed by atoms with Crippen LogP contribution in [0.5, 0.6) is 5.75 Å². The number of para-hydroxylation sites is 1. The van der Waals surface area contributed by atoms with Crippen molar-refractivity contribution in [2.45, 2.75) is 31.3 Å². The number of hydrazone groups is 1. The molecule has 4 rings (SSSR count). The molecule has 7 nitrogen and oxygen atoms in total. The Hall–Kier alpha value is -4.14. The van der Waals surface area contributed by atoms with Crippen molar-refractivity contribution in [2.75, 3.05) is 10.8 Å². The van der Waals surface area contributed by atoms with E-state index in [9.17, 15) is 13.2 Å². The fraction of sp³-hybridized carbons (Fsp3) is 0.161. The van der Waals surface area contributed by atoms with E-state index in [1.54, 1.807) is 54.6 Å². The molecule has 0 aliphatic heterocycles. The lowest BCUT2D eigenvalue weighted by molar-refractivity contribution is -0.119. The number of carbonyl (C=O) groups excluding carboxylic acids is 1. The summed E-state index contributed by atoms with van der Waals surface area (Å²) in [6.45, 7) is 3.99. The number of carbonyl (C=O) groups is 1. The highest BCUT2D eigenvalue weighted by Crippen LogP contribution is 2.26. The van der Waals surface area contributed by atoms with Gasteiger partial charge in [0.2, 0.25) is 0 Å². The number of sulfonamides is 1. The molecule has 0 atom stereocenters. The maximum Gasteiger partial charge on any atom is 0.264 e. The van der Waals surface area contributed by atoms with Gasteiger partial charge < -0.3 is 4.74 Å². The van der Waals surface area contributed by atoms with E-state index in [1.165, 1.54) is 18.3 Å². The molecule has 1 amide bonds. The molecule has 206 valence electrons. The standard InChI is InChI=1S/C31H30ClN3O4S/c1-23(2)25-14-18-28(19-15-25)35(40(37,38)29-9-4-3-5-10-29)21-31(36)34-33-20-26-8-6-7-11-30(26)39-22-24-12-16-27(32)17-13-24/h3-20,23H,21-22H2,1-2H3,(H,34,36)/b33-20-. The number of nitrogens with zero attached hydrogens (tertiary/aromatic N) is 2. The van der Waals surface area contributed by atoms with Crippen LogP contribution >= 0.6 is 11.6 Å². The molecule has 0 bridgehead atoms. The van der Waals surface area contributed by atoms with Gasteiger partial charge in [-0.2, -0.15) is 5.10 Å². The smallest absolute Gasteiger partial charge is 0.264 e. The summed E-state index contributed by atoms with van der Waals surface area (Å²) in [5, 5.41) is 4.71. The maximum absolute atomic E-state index is 13.5. The summed E-state index contributed by atoms with van der Waals surface area (Å²) in [5.74, 6) is 0.265. The van der Waals surface area contributed by atoms with Crippen molar-refractivity contribution in [1.82, 2.24) is 5.43 Å². The Bertz CT molecular complexity index is 1560. The largest absolute Gasteiger partial charge is 0.488 e. The Labute approximate surface area is 240 Å². The highest BCUT2D eigenvalue weighted by Gasteiger charge is 2.27. The average molecular weight is 576 g/mol. The lowest BCUT2D eigenvalue weighted by atomic mass is 10.0. The molecular weight excluding hydrogens is 546 g/mol. The first kappa shape index (κ1) is 28.9. The number of hydrogen-bond donors (Lipinski definition) is 1. The molecule has 1 N–H and O–H groups in total. The average Bonchev–Trinajstić information content (AvgIpc) is 2.96. The SMILES string of the molecule is CC(C)c1ccc(N(CC(=O)N/N=C\c2ccccc2OCc2ccc(Cl)cc2)S(=O)(=O)c2ccccc2)cc1. The van der Waals surface area contributed by atoms with Crippen LogP contribution in [-0.2, 0) is 21.4 Å². The number of ether oxygens (including phenoxy) is 1. The van der Waals surface area contributed by atoms with Gasteiger partial charge in [0, 0.05) is 10.6 Å². The van der Waals surface area contributed by atoms with Crippen LogP contribution in [0.4, 0.5) is 5.69 Å². The first-order valence-electron chi connectivity index (χ1n) is 12.7. The summed E-state index contributed by atoms with van der Waals surface area (Å²) in [7, 11) is -4.01. The van der Waals surface area contributed by atoms with Crippen LogP contribution in [0.15, 0.2) is 113 Å². The van der Waals surface area contributed by atoms with E-state index >= 15 is 0 Å². The molecule has 0 unspecified atom stereocenters. The summed E-state index contributed by atoms with van der Waals surface area (Å²) in [6.07, 6.45) is 1.46. The summed E-state index contributed by atoms with van der Waals surface area (Å²) >= 11 is 5.95. The quantitative estimate of drug-likeness (QED) is 0.166. The minimum absolute atomic E-state index is 0.0889. The predicted octanol–water partition coefficient (Wildman–Crippen LogP) is 6.39. The summed E-state index contributed by atoms with van der Waals surface area (Å²) < 4.78 is 34.0. The van der Waals surface area contributed by atoms with Gasteiger partial charge in [-0.1, -0.05) is 80.0 Å². The molecule has 0 radical (unpaired) electrons. The molecule has 0 heterocycles. The molecule has 0 aromatic heterocycles. The number of benzene rings is 4. The van der Waals surface area contributed by atoms with Crippen molar-refractivity contribution >= 4 is 39.4 Å². The van der Waals surface area contributed by atoms with Crippen molar-refractivity contribution < 1.29 is 17.9 Å². The number of halogens is 1. The Morgan fingerprint density at radius 1 is 0.925 bits per heavy atom. The summed E-state index contributed by atoms with van der Waals surface area (Å²) in [4.78, 5) is 13.0. The first-order valence-corrected chi connectivity index (χ1v) is 14.5. The number of nitrogens with one attached hydrogen (secondary N) is 1. The Morgan fingerprint density at radius 3 is 2.25 bits per heavy atom. The molecular formula is C31H30ClN3O4S. The van der Waals surface area contributed by atoms with E-state index < -0.39 is 22.5 Å². The van der Waals surface area contributed by atoms with E-state index in [1.807, 2.05) is 36.4 Å². The molecule has 40 heavy (non-hydrogen) atoms. The summed E-state index contributed by atoms with van der Waals surface area (Å²) in [6, 6.07) is 29.8. The zero-order chi connectivity index (χ0) is 28.5. The highest BCUT2D eigenvalue weighted by molar-refractivity contribution is 7.92. The second-order valence-electron chi connectivity index (χ2n) is 9.32. The fourth-order valence-corrected chi connectivity index (χ4v) is 5.43. The molecule has 0 saturated carbocycles. The molecule has 4 aromatic carbocycles. The van der Waals surface area contributed by atoms with Crippen molar-refractivity contribution in [3.05, 3.63) is 125 Å². The van der Waals surface area contributed by atoms with E-state index in [-0.39, 0.29) is 10.8 Å². The monoisotopic (exact) mass is 575 g/mol. The van der Waals surface area contributed by atoms with Gasteiger partial charge in [-0.15, -0.1) is 0 Å². The zero-order valence-corrected chi connectivity index (χ0v) is 23.8. The van der Waals surface area contributed by atoms with Gasteiger partial charge in [0.15, 0.2) is 0 Å². The lowest BCUT2D eigenvalue weighted by Crippen LogP contribution is -2.39. The molecule has 0 spiro atoms. The van der Waals surface area contributed by atoms with Gasteiger partial charge in [-0.3, -0.25) is 9.10 Å². The second-order valence-corrected chi connectivity index (χ2v) is 11.6. The van der Waals surface area contributed by atoms with Crippen LogP contribution in [-0.4, -0.2) is 27.1 Å². The third kappa shape index (κ3) is 7.49. The molecule has 4 aromatic rings. The topological polar surface area (TPSA) is 88.1 Å². The fourth-order valence-electron chi connectivity index (χ4n) is 3.86. The normalized spacial score (nSPS) is 11.5. The van der Waals surface area contributed by atoms with E-state index in [4.69, 9.17) is 16.3 Å². The second kappa shape index (κ2) is 13.3. The minimum atomic E-state index is -4.01. The third-order valence-electron chi connectivity index (χ3n) is 6.09. The Balaban J connectivity index is 1.48. The van der Waals surface area contributed by atoms with Crippen molar-refractivity contribution in [3.8, 4) is 5.75 Å². The van der Waals surface area contributed by atoms with Crippen molar-refractivity contribution in [3.63, 3.8) is 0 Å². The van der Waals surface area contributed by atoms with Crippen molar-refractivity contribution in [1.29, 1.82) is 0 Å². The Morgan fingerprint density at radius 2 is 1.57 bits per heavy atom. The van der Waals surface area contributed by atoms with Crippen LogP contribution < -0.4 is 14.5 Å². The number of anilines is 1. The van der Waals surface area contributed by atoms with Crippen LogP contribution in [0.25, 0.3) is 0 Å². The molecule has 9 heteroatoms. The van der Waals surface area contributed by atoms with Crippen LogP contribution in [0.1, 0.15) is 36.5 Å². The number of rotatable bonds is 11. The summed E-state index contributed by atoms with van der Waals surface area (Å²) in [5.41, 5.74) is 5.49. The Kier molecular flexibility index (Phi) is 9.58. The van der Waals surface area contributed by atoms with Gasteiger partial charge in [0.25, 0.3) is 15.9 Å². The van der Waals surface area contributed by atoms with E-state index in [0.29, 0.717) is 28.6 Å². The zero-order valence-electron chi connectivity index (χ0n) is 22.2. The molecule has 0 saturated heterocycles. The van der Waals surface area contributed by atoms with Crippen LogP contribution in [0.2, 0.25) is 5.02 Å². The first-order chi connectivity index (χ1) is 19.2. The van der Waals surface area contributed by atoms with Gasteiger partial charge in [-0.05, 0) is 65.6 Å².